The van der Waals surface area contributed by atoms with Crippen LogP contribution >= 0.6 is 0 Å². The van der Waals surface area contributed by atoms with Crippen LogP contribution in [0.2, 0.25) is 0 Å². The number of hydrogen-bond acceptors (Lipinski definition) is 4. The highest BCUT2D eigenvalue weighted by Crippen LogP contribution is 2.11. The van der Waals surface area contributed by atoms with Gasteiger partial charge in [0.05, 0.1) is 5.56 Å². The fraction of sp³-hybridized carbons (Fsp3) is 0.333. The zero-order chi connectivity index (χ0) is 9.68. The Bertz CT molecular complexity index is 327. The first-order valence-corrected chi connectivity index (χ1v) is 4.09. The highest BCUT2D eigenvalue weighted by Gasteiger charge is 2.01. The molecule has 0 bridgehead atoms. The van der Waals surface area contributed by atoms with Crippen LogP contribution < -0.4 is 11.1 Å². The lowest BCUT2D eigenvalue weighted by atomic mass is 10.2. The van der Waals surface area contributed by atoms with Crippen molar-refractivity contribution in [1.29, 1.82) is 5.26 Å². The number of aryl methyl sites for hydroxylation is 1. The van der Waals surface area contributed by atoms with Gasteiger partial charge in [-0.05, 0) is 19.1 Å². The van der Waals surface area contributed by atoms with E-state index in [1.807, 2.05) is 13.0 Å². The molecule has 0 spiro atoms. The Kier molecular flexibility index (Phi) is 3.23. The Labute approximate surface area is 77.4 Å². The third-order valence-electron chi connectivity index (χ3n) is 1.59. The van der Waals surface area contributed by atoms with Crippen molar-refractivity contribution >= 4 is 5.82 Å². The summed E-state index contributed by atoms with van der Waals surface area (Å²) < 4.78 is 0. The lowest BCUT2D eigenvalue weighted by molar-refractivity contribution is 1.00. The van der Waals surface area contributed by atoms with Gasteiger partial charge >= 0.3 is 0 Å². The number of nitrogens with zero attached hydrogens (tertiary/aromatic N) is 2. The van der Waals surface area contributed by atoms with Gasteiger partial charge in [-0.3, -0.25) is 0 Å². The molecular formula is C9H12N4. The molecule has 13 heavy (non-hydrogen) atoms. The van der Waals surface area contributed by atoms with E-state index in [4.69, 9.17) is 11.0 Å². The second kappa shape index (κ2) is 4.43. The van der Waals surface area contributed by atoms with Crippen LogP contribution in [0.3, 0.4) is 0 Å². The number of pyridine rings is 1. The van der Waals surface area contributed by atoms with Crippen molar-refractivity contribution in [3.63, 3.8) is 0 Å². The van der Waals surface area contributed by atoms with Crippen LogP contribution in [0.4, 0.5) is 5.82 Å². The van der Waals surface area contributed by atoms with E-state index < -0.39 is 0 Å². The monoisotopic (exact) mass is 176 g/mol. The molecule has 0 atom stereocenters. The molecule has 4 heteroatoms. The molecule has 0 fully saturated rings. The van der Waals surface area contributed by atoms with Crippen LogP contribution in [0, 0.1) is 18.3 Å². The summed E-state index contributed by atoms with van der Waals surface area (Å²) in [5, 5.41) is 11.7. The van der Waals surface area contributed by atoms with E-state index in [1.54, 1.807) is 6.07 Å². The molecule has 0 radical (unpaired) electrons. The molecule has 1 aromatic heterocycles. The van der Waals surface area contributed by atoms with Crippen molar-refractivity contribution in [2.75, 3.05) is 18.4 Å². The summed E-state index contributed by atoms with van der Waals surface area (Å²) >= 11 is 0. The lowest BCUT2D eigenvalue weighted by Gasteiger charge is -2.05. The molecule has 0 aromatic carbocycles. The number of aromatic nitrogens is 1. The Hall–Kier alpha value is -1.60. The smallest absolute Gasteiger partial charge is 0.144 e. The van der Waals surface area contributed by atoms with Crippen LogP contribution in [0.15, 0.2) is 12.1 Å². The summed E-state index contributed by atoms with van der Waals surface area (Å²) in [7, 11) is 0. The summed E-state index contributed by atoms with van der Waals surface area (Å²) in [6.45, 7) is 3.04. The minimum atomic E-state index is 0.528. The van der Waals surface area contributed by atoms with Crippen LogP contribution in [0.1, 0.15) is 11.3 Å². The fourth-order valence-corrected chi connectivity index (χ4v) is 0.972. The number of anilines is 1. The number of nitrogens with one attached hydrogen (secondary N) is 1. The van der Waals surface area contributed by atoms with Gasteiger partial charge in [0.15, 0.2) is 0 Å². The van der Waals surface area contributed by atoms with Gasteiger partial charge in [-0.25, -0.2) is 4.98 Å². The largest absolute Gasteiger partial charge is 0.368 e. The van der Waals surface area contributed by atoms with Gasteiger partial charge in [-0.2, -0.15) is 5.26 Å². The molecule has 0 aliphatic carbocycles. The Morgan fingerprint density at radius 2 is 2.38 bits per heavy atom. The number of nitrogens with two attached hydrogens (primary N) is 1. The maximum absolute atomic E-state index is 8.75. The van der Waals surface area contributed by atoms with Gasteiger partial charge in [-0.1, -0.05) is 0 Å². The maximum atomic E-state index is 8.75. The van der Waals surface area contributed by atoms with Gasteiger partial charge in [0.2, 0.25) is 0 Å². The third-order valence-corrected chi connectivity index (χ3v) is 1.59. The molecule has 68 valence electrons. The summed E-state index contributed by atoms with van der Waals surface area (Å²) in [4.78, 5) is 4.19. The highest BCUT2D eigenvalue weighted by molar-refractivity contribution is 5.52. The third kappa shape index (κ3) is 2.42. The van der Waals surface area contributed by atoms with E-state index in [9.17, 15) is 0 Å². The van der Waals surface area contributed by atoms with Crippen LogP contribution in [-0.4, -0.2) is 18.1 Å². The van der Waals surface area contributed by atoms with Crippen LogP contribution in [-0.2, 0) is 0 Å². The average Bonchev–Trinajstić information content (AvgIpc) is 2.15. The molecule has 4 nitrogen and oxygen atoms in total. The van der Waals surface area contributed by atoms with Crippen molar-refractivity contribution in [3.8, 4) is 6.07 Å². The fourth-order valence-electron chi connectivity index (χ4n) is 0.972. The van der Waals surface area contributed by atoms with E-state index in [0.717, 1.165) is 5.69 Å². The predicted molar refractivity (Wildman–Crippen MR) is 51.2 cm³/mol. The topological polar surface area (TPSA) is 74.7 Å². The molecule has 0 saturated heterocycles. The Balaban J connectivity index is 2.89. The van der Waals surface area contributed by atoms with E-state index >= 15 is 0 Å². The highest BCUT2D eigenvalue weighted by atomic mass is 15.0. The second-order valence-electron chi connectivity index (χ2n) is 2.68. The molecule has 1 heterocycles. The van der Waals surface area contributed by atoms with E-state index in [0.29, 0.717) is 24.5 Å². The summed E-state index contributed by atoms with van der Waals surface area (Å²) in [5.74, 6) is 0.618. The lowest BCUT2D eigenvalue weighted by Crippen LogP contribution is -2.14. The summed E-state index contributed by atoms with van der Waals surface area (Å²) in [6, 6.07) is 5.63. The van der Waals surface area contributed by atoms with Crippen molar-refractivity contribution in [2.45, 2.75) is 6.92 Å². The van der Waals surface area contributed by atoms with Gasteiger partial charge in [-0.15, -0.1) is 0 Å². The first-order chi connectivity index (χ1) is 6.27. The van der Waals surface area contributed by atoms with Crippen molar-refractivity contribution in [3.05, 3.63) is 23.4 Å². The molecule has 0 amide bonds. The number of rotatable bonds is 3. The average molecular weight is 176 g/mol. The molecule has 0 aliphatic rings. The number of hydrogen-bond donors (Lipinski definition) is 2. The SMILES string of the molecule is Cc1ccc(C#N)c(NCCN)n1. The summed E-state index contributed by atoms with van der Waals surface area (Å²) in [5.41, 5.74) is 6.77. The van der Waals surface area contributed by atoms with E-state index in [-0.39, 0.29) is 0 Å². The molecule has 0 saturated carbocycles. The molecule has 1 rings (SSSR count). The standard InChI is InChI=1S/C9H12N4/c1-7-2-3-8(6-11)9(13-7)12-5-4-10/h2-3H,4-5,10H2,1H3,(H,12,13). The zero-order valence-electron chi connectivity index (χ0n) is 7.54. The van der Waals surface area contributed by atoms with Gasteiger partial charge in [0.25, 0.3) is 0 Å². The van der Waals surface area contributed by atoms with Gasteiger partial charge in [0.1, 0.15) is 11.9 Å². The first-order valence-electron chi connectivity index (χ1n) is 4.09. The van der Waals surface area contributed by atoms with Crippen LogP contribution in [0.5, 0.6) is 0 Å². The first kappa shape index (κ1) is 9.49. The zero-order valence-corrected chi connectivity index (χ0v) is 7.54. The minimum absolute atomic E-state index is 0.528. The van der Waals surface area contributed by atoms with E-state index in [1.165, 1.54) is 0 Å². The Morgan fingerprint density at radius 3 is 3.00 bits per heavy atom. The second-order valence-corrected chi connectivity index (χ2v) is 2.68. The van der Waals surface area contributed by atoms with E-state index in [2.05, 4.69) is 16.4 Å². The molecule has 3 N–H and O–H groups in total. The normalized spacial score (nSPS) is 9.31. The molecule has 0 unspecified atom stereocenters. The van der Waals surface area contributed by atoms with Gasteiger partial charge < -0.3 is 11.1 Å². The molecule has 0 aliphatic heterocycles. The molecular weight excluding hydrogens is 164 g/mol. The van der Waals surface area contributed by atoms with Gasteiger partial charge in [0, 0.05) is 18.8 Å². The predicted octanol–water partition coefficient (Wildman–Crippen LogP) is 0.632. The maximum Gasteiger partial charge on any atom is 0.144 e. The minimum Gasteiger partial charge on any atom is -0.368 e. The van der Waals surface area contributed by atoms with Crippen molar-refractivity contribution in [1.82, 2.24) is 4.98 Å². The number of nitriles is 1. The quantitative estimate of drug-likeness (QED) is 0.708. The van der Waals surface area contributed by atoms with Crippen molar-refractivity contribution in [2.24, 2.45) is 5.73 Å². The van der Waals surface area contributed by atoms with Crippen LogP contribution in [0.25, 0.3) is 0 Å². The van der Waals surface area contributed by atoms with Crippen molar-refractivity contribution < 1.29 is 0 Å². The Morgan fingerprint density at radius 1 is 1.62 bits per heavy atom. The summed E-state index contributed by atoms with van der Waals surface area (Å²) in [6.07, 6.45) is 0. The molecule has 1 aromatic rings.